The first-order valence-corrected chi connectivity index (χ1v) is 9.87. The Hall–Kier alpha value is -3.00. The number of aryl methyl sites for hydroxylation is 1. The normalized spacial score (nSPS) is 14.9. The number of aromatic nitrogens is 5. The summed E-state index contributed by atoms with van der Waals surface area (Å²) in [5.41, 5.74) is 4.62. The molecule has 2 aromatic heterocycles. The number of methoxy groups -OCH3 is 1. The van der Waals surface area contributed by atoms with E-state index in [1.165, 1.54) is 11.1 Å². The maximum atomic E-state index is 5.53. The minimum Gasteiger partial charge on any atom is -0.496 e. The van der Waals surface area contributed by atoms with Crippen molar-refractivity contribution in [2.75, 3.05) is 38.2 Å². The molecule has 0 spiro atoms. The molecular weight excluding hydrogens is 366 g/mol. The van der Waals surface area contributed by atoms with E-state index in [1.54, 1.807) is 26.1 Å². The number of hydrogen-bond donors (Lipinski definition) is 0. The van der Waals surface area contributed by atoms with Gasteiger partial charge in [0.2, 0.25) is 0 Å². The molecule has 0 aliphatic carbocycles. The van der Waals surface area contributed by atoms with E-state index in [0.717, 1.165) is 55.5 Å². The Kier molecular flexibility index (Phi) is 5.71. The van der Waals surface area contributed by atoms with Gasteiger partial charge in [0.1, 0.15) is 30.5 Å². The van der Waals surface area contributed by atoms with E-state index in [2.05, 4.69) is 48.9 Å². The lowest BCUT2D eigenvalue weighted by Crippen LogP contribution is -2.46. The number of hydrogen-bond acceptors (Lipinski definition) is 7. The second-order valence-electron chi connectivity index (χ2n) is 7.41. The molecule has 0 atom stereocenters. The van der Waals surface area contributed by atoms with E-state index in [4.69, 9.17) is 4.74 Å². The lowest BCUT2D eigenvalue weighted by molar-refractivity contribution is 0.249. The Morgan fingerprint density at radius 2 is 1.83 bits per heavy atom. The minimum absolute atomic E-state index is 0.650. The molecule has 1 aromatic carbocycles. The number of anilines is 1. The molecule has 4 rings (SSSR count). The van der Waals surface area contributed by atoms with E-state index >= 15 is 0 Å². The quantitative estimate of drug-likeness (QED) is 0.635. The smallest absolute Gasteiger partial charge is 0.137 e. The van der Waals surface area contributed by atoms with Crippen molar-refractivity contribution in [3.8, 4) is 5.75 Å². The summed E-state index contributed by atoms with van der Waals surface area (Å²) in [4.78, 5) is 17.7. The van der Waals surface area contributed by atoms with Gasteiger partial charge < -0.3 is 9.64 Å². The molecule has 1 aliphatic rings. The Balaban J connectivity index is 1.41. The Bertz CT molecular complexity index is 950. The van der Waals surface area contributed by atoms with Crippen LogP contribution in [0.15, 0.2) is 37.2 Å². The first-order chi connectivity index (χ1) is 14.1. The molecule has 152 valence electrons. The van der Waals surface area contributed by atoms with Crippen LogP contribution in [0.1, 0.15) is 22.4 Å². The van der Waals surface area contributed by atoms with Gasteiger partial charge in [0.05, 0.1) is 13.7 Å². The van der Waals surface area contributed by atoms with E-state index in [1.807, 2.05) is 17.7 Å². The number of nitrogens with zero attached hydrogens (tertiary/aromatic N) is 7. The molecule has 0 unspecified atom stereocenters. The highest BCUT2D eigenvalue weighted by Crippen LogP contribution is 2.23. The van der Waals surface area contributed by atoms with Crippen molar-refractivity contribution in [3.63, 3.8) is 0 Å². The second kappa shape index (κ2) is 8.57. The molecule has 1 saturated heterocycles. The predicted molar refractivity (Wildman–Crippen MR) is 111 cm³/mol. The average Bonchev–Trinajstić information content (AvgIpc) is 3.24. The van der Waals surface area contributed by atoms with Crippen molar-refractivity contribution >= 4 is 5.82 Å². The molecule has 0 radical (unpaired) electrons. The summed E-state index contributed by atoms with van der Waals surface area (Å²) < 4.78 is 7.34. The zero-order chi connectivity index (χ0) is 20.2. The van der Waals surface area contributed by atoms with Crippen molar-refractivity contribution in [3.05, 3.63) is 59.6 Å². The van der Waals surface area contributed by atoms with Gasteiger partial charge in [-0.2, -0.15) is 5.10 Å². The van der Waals surface area contributed by atoms with Crippen LogP contribution in [0, 0.1) is 13.8 Å². The van der Waals surface area contributed by atoms with E-state index in [9.17, 15) is 0 Å². The van der Waals surface area contributed by atoms with Gasteiger partial charge >= 0.3 is 0 Å². The third-order valence-electron chi connectivity index (χ3n) is 5.53. The molecule has 29 heavy (non-hydrogen) atoms. The van der Waals surface area contributed by atoms with Crippen LogP contribution in [0.4, 0.5) is 5.82 Å². The molecule has 0 amide bonds. The molecular formula is C21H27N7O. The van der Waals surface area contributed by atoms with Gasteiger partial charge in [0.15, 0.2) is 0 Å². The number of piperazine rings is 1. The van der Waals surface area contributed by atoms with Crippen molar-refractivity contribution in [2.45, 2.75) is 26.9 Å². The van der Waals surface area contributed by atoms with Crippen LogP contribution in [0.5, 0.6) is 5.75 Å². The number of benzene rings is 1. The van der Waals surface area contributed by atoms with Crippen LogP contribution in [0.25, 0.3) is 0 Å². The van der Waals surface area contributed by atoms with Gasteiger partial charge in [-0.1, -0.05) is 6.07 Å². The van der Waals surface area contributed by atoms with Gasteiger partial charge in [-0.15, -0.1) is 0 Å². The van der Waals surface area contributed by atoms with Crippen molar-refractivity contribution in [2.24, 2.45) is 0 Å². The van der Waals surface area contributed by atoms with E-state index < -0.39 is 0 Å². The maximum Gasteiger partial charge on any atom is 0.137 e. The fourth-order valence-electron chi connectivity index (χ4n) is 3.76. The molecule has 0 saturated carbocycles. The zero-order valence-electron chi connectivity index (χ0n) is 17.2. The van der Waals surface area contributed by atoms with Gasteiger partial charge in [0, 0.05) is 49.5 Å². The van der Waals surface area contributed by atoms with Crippen molar-refractivity contribution < 1.29 is 4.74 Å². The number of ether oxygens (including phenoxy) is 1. The minimum atomic E-state index is 0.650. The number of rotatable bonds is 6. The van der Waals surface area contributed by atoms with Gasteiger partial charge in [-0.05, 0) is 31.5 Å². The summed E-state index contributed by atoms with van der Waals surface area (Å²) in [5, 5.41) is 4.21. The van der Waals surface area contributed by atoms with E-state index in [-0.39, 0.29) is 0 Å². The fraction of sp³-hybridized carbons (Fsp3) is 0.429. The molecule has 8 heteroatoms. The topological polar surface area (TPSA) is 72.2 Å². The fourth-order valence-corrected chi connectivity index (χ4v) is 3.76. The van der Waals surface area contributed by atoms with Crippen LogP contribution in [-0.4, -0.2) is 62.9 Å². The summed E-state index contributed by atoms with van der Waals surface area (Å²) in [6.45, 7) is 9.67. The van der Waals surface area contributed by atoms with Crippen LogP contribution in [0.2, 0.25) is 0 Å². The van der Waals surface area contributed by atoms with Crippen LogP contribution >= 0.6 is 0 Å². The lowest BCUT2D eigenvalue weighted by Gasteiger charge is -2.36. The molecule has 0 N–H and O–H groups in total. The molecule has 3 heterocycles. The molecule has 3 aromatic rings. The van der Waals surface area contributed by atoms with Gasteiger partial charge in [-0.25, -0.2) is 19.6 Å². The first kappa shape index (κ1) is 19.3. The lowest BCUT2D eigenvalue weighted by atomic mass is 10.1. The highest BCUT2D eigenvalue weighted by molar-refractivity contribution is 5.47. The zero-order valence-corrected chi connectivity index (χ0v) is 17.2. The molecule has 1 aliphatic heterocycles. The van der Waals surface area contributed by atoms with Crippen molar-refractivity contribution in [1.82, 2.24) is 29.6 Å². The average molecular weight is 393 g/mol. The van der Waals surface area contributed by atoms with Crippen LogP contribution < -0.4 is 9.64 Å². The largest absolute Gasteiger partial charge is 0.496 e. The Labute approximate surface area is 171 Å². The van der Waals surface area contributed by atoms with Gasteiger partial charge in [-0.3, -0.25) is 4.90 Å². The Morgan fingerprint density at radius 3 is 2.55 bits per heavy atom. The third-order valence-corrected chi connectivity index (χ3v) is 5.53. The standard InChI is InChI=1S/C21H27N7O/c1-16-17(2)23-14-24-21(16)27-8-6-26(7-9-27)11-18-4-5-20(29-3)19(10-18)12-28-15-22-13-25-28/h4-5,10,13-15H,6-9,11-12H2,1-3H3. The maximum absolute atomic E-state index is 5.53. The Morgan fingerprint density at radius 1 is 1.00 bits per heavy atom. The highest BCUT2D eigenvalue weighted by atomic mass is 16.5. The summed E-state index contributed by atoms with van der Waals surface area (Å²) in [6.07, 6.45) is 4.94. The molecule has 0 bridgehead atoms. The summed E-state index contributed by atoms with van der Waals surface area (Å²) in [6, 6.07) is 6.41. The van der Waals surface area contributed by atoms with Crippen LogP contribution in [0.3, 0.4) is 0 Å². The third kappa shape index (κ3) is 4.37. The summed E-state index contributed by atoms with van der Waals surface area (Å²) in [5.74, 6) is 1.94. The summed E-state index contributed by atoms with van der Waals surface area (Å²) >= 11 is 0. The summed E-state index contributed by atoms with van der Waals surface area (Å²) in [7, 11) is 1.70. The monoisotopic (exact) mass is 393 g/mol. The SMILES string of the molecule is COc1ccc(CN2CCN(c3ncnc(C)c3C)CC2)cc1Cn1cncn1. The molecule has 8 nitrogen and oxygen atoms in total. The predicted octanol–water partition coefficient (Wildman–Crippen LogP) is 2.06. The van der Waals surface area contributed by atoms with Gasteiger partial charge in [0.25, 0.3) is 0 Å². The highest BCUT2D eigenvalue weighted by Gasteiger charge is 2.20. The first-order valence-electron chi connectivity index (χ1n) is 9.87. The van der Waals surface area contributed by atoms with Crippen LogP contribution in [-0.2, 0) is 13.1 Å². The van der Waals surface area contributed by atoms with Crippen molar-refractivity contribution in [1.29, 1.82) is 0 Å². The second-order valence-corrected chi connectivity index (χ2v) is 7.41. The van der Waals surface area contributed by atoms with E-state index in [0.29, 0.717) is 6.54 Å². The molecule has 1 fully saturated rings.